The topological polar surface area (TPSA) is 55.6 Å². The second kappa shape index (κ2) is 5.42. The molecule has 1 aromatic carbocycles. The summed E-state index contributed by atoms with van der Waals surface area (Å²) in [5.74, 6) is 0.115. The lowest BCUT2D eigenvalue weighted by molar-refractivity contribution is 0.0685. The molecule has 1 saturated carbocycles. The van der Waals surface area contributed by atoms with Gasteiger partial charge in [0.25, 0.3) is 5.91 Å². The van der Waals surface area contributed by atoms with Gasteiger partial charge in [0, 0.05) is 30.1 Å². The van der Waals surface area contributed by atoms with Crippen LogP contribution in [-0.4, -0.2) is 37.1 Å². The first-order chi connectivity index (χ1) is 9.69. The summed E-state index contributed by atoms with van der Waals surface area (Å²) in [6.45, 7) is 1.25. The monoisotopic (exact) mass is 290 g/mol. The van der Waals surface area contributed by atoms with Crippen molar-refractivity contribution >= 4 is 33.0 Å². The first-order valence-electron chi connectivity index (χ1n) is 6.78. The molecule has 20 heavy (non-hydrogen) atoms. The maximum absolute atomic E-state index is 12.6. The number of carbonyl (C=O) groups excluding carboxylic acids is 1. The van der Waals surface area contributed by atoms with Crippen molar-refractivity contribution in [3.8, 4) is 0 Å². The third kappa shape index (κ3) is 2.64. The van der Waals surface area contributed by atoms with Gasteiger partial charge >= 0.3 is 0 Å². The second-order valence-corrected chi connectivity index (χ2v) is 6.21. The van der Waals surface area contributed by atoms with E-state index in [1.807, 2.05) is 29.2 Å². The number of fused-ring (bicyclic) bond motifs is 1. The van der Waals surface area contributed by atoms with Crippen LogP contribution in [0.5, 0.6) is 0 Å². The Kier molecular flexibility index (Phi) is 3.63. The Labute approximate surface area is 122 Å². The predicted molar refractivity (Wildman–Crippen MR) is 82.2 cm³/mol. The number of hydrogen-bond acceptors (Lipinski definition) is 4. The molecule has 0 atom stereocenters. The van der Waals surface area contributed by atoms with E-state index in [0.717, 1.165) is 33.5 Å². The zero-order chi connectivity index (χ0) is 14.1. The number of carbonyl (C=O) groups is 1. The van der Waals surface area contributed by atoms with Gasteiger partial charge in [0.2, 0.25) is 0 Å². The molecular formula is C15H18N2O2S. The first-order valence-corrected chi connectivity index (χ1v) is 7.59. The van der Waals surface area contributed by atoms with Gasteiger partial charge in [0.05, 0.1) is 11.5 Å². The molecule has 3 rings (SSSR count). The summed E-state index contributed by atoms with van der Waals surface area (Å²) in [6, 6.07) is 8.10. The number of nitrogen functional groups attached to an aromatic ring is 1. The number of nitrogens with zero attached hydrogens (tertiary/aromatic N) is 1. The Morgan fingerprint density at radius 3 is 2.95 bits per heavy atom. The van der Waals surface area contributed by atoms with Crippen molar-refractivity contribution in [1.82, 2.24) is 4.90 Å². The van der Waals surface area contributed by atoms with Gasteiger partial charge in [-0.15, -0.1) is 11.3 Å². The summed E-state index contributed by atoms with van der Waals surface area (Å²) in [6.07, 6.45) is 2.21. The Bertz CT molecular complexity index is 634. The molecule has 1 aliphatic rings. The Balaban J connectivity index is 1.86. The van der Waals surface area contributed by atoms with E-state index in [0.29, 0.717) is 19.2 Å². The van der Waals surface area contributed by atoms with Crippen molar-refractivity contribution in [3.63, 3.8) is 0 Å². The van der Waals surface area contributed by atoms with Crippen molar-refractivity contribution in [2.45, 2.75) is 18.9 Å². The lowest BCUT2D eigenvalue weighted by Gasteiger charge is -2.21. The van der Waals surface area contributed by atoms with Crippen LogP contribution in [0.15, 0.2) is 24.3 Å². The van der Waals surface area contributed by atoms with Crippen molar-refractivity contribution in [2.75, 3.05) is 26.0 Å². The van der Waals surface area contributed by atoms with E-state index in [-0.39, 0.29) is 5.91 Å². The average molecular weight is 290 g/mol. The van der Waals surface area contributed by atoms with Crippen LogP contribution < -0.4 is 5.73 Å². The van der Waals surface area contributed by atoms with Crippen LogP contribution in [0.2, 0.25) is 0 Å². The zero-order valence-electron chi connectivity index (χ0n) is 11.5. The van der Waals surface area contributed by atoms with Gasteiger partial charge in [-0.2, -0.15) is 0 Å². The van der Waals surface area contributed by atoms with Crippen molar-refractivity contribution in [3.05, 3.63) is 29.1 Å². The molecule has 0 spiro atoms. The van der Waals surface area contributed by atoms with Gasteiger partial charge in [0.15, 0.2) is 0 Å². The maximum atomic E-state index is 12.6. The van der Waals surface area contributed by atoms with Gasteiger partial charge < -0.3 is 15.4 Å². The Hall–Kier alpha value is -1.59. The highest BCUT2D eigenvalue weighted by molar-refractivity contribution is 7.20. The molecule has 0 saturated heterocycles. The minimum Gasteiger partial charge on any atom is -0.399 e. The van der Waals surface area contributed by atoms with Crippen LogP contribution in [-0.2, 0) is 4.74 Å². The largest absolute Gasteiger partial charge is 0.399 e. The van der Waals surface area contributed by atoms with E-state index in [2.05, 4.69) is 0 Å². The fourth-order valence-corrected chi connectivity index (χ4v) is 3.33. The van der Waals surface area contributed by atoms with Crippen LogP contribution in [0.3, 0.4) is 0 Å². The van der Waals surface area contributed by atoms with E-state index < -0.39 is 0 Å². The number of thiophene rings is 1. The minimum atomic E-state index is 0.115. The average Bonchev–Trinajstić information content (AvgIpc) is 3.18. The number of amides is 1. The summed E-state index contributed by atoms with van der Waals surface area (Å²) in [7, 11) is 1.66. The number of ether oxygens (including phenoxy) is 1. The van der Waals surface area contributed by atoms with E-state index in [4.69, 9.17) is 10.5 Å². The molecule has 0 bridgehead atoms. The summed E-state index contributed by atoms with van der Waals surface area (Å²) in [5, 5.41) is 1.04. The molecule has 5 heteroatoms. The summed E-state index contributed by atoms with van der Waals surface area (Å²) in [4.78, 5) is 15.4. The number of methoxy groups -OCH3 is 1. The number of rotatable bonds is 5. The fourth-order valence-electron chi connectivity index (χ4n) is 2.33. The van der Waals surface area contributed by atoms with E-state index in [1.165, 1.54) is 11.3 Å². The SMILES string of the molecule is COCCN(C(=O)c1cc2cc(N)ccc2s1)C1CC1. The molecule has 1 heterocycles. The van der Waals surface area contributed by atoms with Crippen molar-refractivity contribution in [1.29, 1.82) is 0 Å². The van der Waals surface area contributed by atoms with E-state index >= 15 is 0 Å². The third-order valence-corrected chi connectivity index (χ3v) is 4.64. The zero-order valence-corrected chi connectivity index (χ0v) is 12.3. The molecule has 1 fully saturated rings. The lowest BCUT2D eigenvalue weighted by atomic mass is 10.2. The molecule has 2 N–H and O–H groups in total. The predicted octanol–water partition coefficient (Wildman–Crippen LogP) is 2.73. The molecule has 1 amide bonds. The number of benzene rings is 1. The minimum absolute atomic E-state index is 0.115. The van der Waals surface area contributed by atoms with Crippen LogP contribution in [0.25, 0.3) is 10.1 Å². The van der Waals surface area contributed by atoms with E-state index in [1.54, 1.807) is 7.11 Å². The molecule has 1 aromatic heterocycles. The normalized spacial score (nSPS) is 14.7. The molecule has 0 aliphatic heterocycles. The third-order valence-electron chi connectivity index (χ3n) is 3.54. The fraction of sp³-hybridized carbons (Fsp3) is 0.400. The molecular weight excluding hydrogens is 272 g/mol. The quantitative estimate of drug-likeness (QED) is 0.861. The molecule has 0 radical (unpaired) electrons. The molecule has 106 valence electrons. The summed E-state index contributed by atoms with van der Waals surface area (Å²) < 4.78 is 6.21. The van der Waals surface area contributed by atoms with E-state index in [9.17, 15) is 4.79 Å². The highest BCUT2D eigenvalue weighted by Crippen LogP contribution is 2.32. The van der Waals surface area contributed by atoms with Gasteiger partial charge in [-0.1, -0.05) is 0 Å². The summed E-state index contributed by atoms with van der Waals surface area (Å²) in [5.41, 5.74) is 6.52. The van der Waals surface area contributed by atoms with Crippen LogP contribution in [0.4, 0.5) is 5.69 Å². The molecule has 2 aromatic rings. The number of nitrogens with two attached hydrogens (primary N) is 1. The van der Waals surface area contributed by atoms with Gasteiger partial charge in [-0.05, 0) is 42.5 Å². The Morgan fingerprint density at radius 2 is 2.25 bits per heavy atom. The van der Waals surface area contributed by atoms with Crippen LogP contribution in [0.1, 0.15) is 22.5 Å². The van der Waals surface area contributed by atoms with Gasteiger partial charge in [-0.25, -0.2) is 0 Å². The van der Waals surface area contributed by atoms with Crippen molar-refractivity contribution in [2.24, 2.45) is 0 Å². The molecule has 4 nitrogen and oxygen atoms in total. The standard InChI is InChI=1S/C15H18N2O2S/c1-19-7-6-17(12-3-4-12)15(18)14-9-10-8-11(16)2-5-13(10)20-14/h2,5,8-9,12H,3-4,6-7,16H2,1H3. The van der Waals surface area contributed by atoms with Crippen molar-refractivity contribution < 1.29 is 9.53 Å². The Morgan fingerprint density at radius 1 is 1.45 bits per heavy atom. The summed E-state index contributed by atoms with van der Waals surface area (Å²) >= 11 is 1.53. The van der Waals surface area contributed by atoms with Crippen LogP contribution in [0, 0.1) is 0 Å². The second-order valence-electron chi connectivity index (χ2n) is 5.13. The molecule has 1 aliphatic carbocycles. The smallest absolute Gasteiger partial charge is 0.264 e. The first kappa shape index (κ1) is 13.4. The molecule has 0 unspecified atom stereocenters. The van der Waals surface area contributed by atoms with Gasteiger partial charge in [-0.3, -0.25) is 4.79 Å². The maximum Gasteiger partial charge on any atom is 0.264 e. The van der Waals surface area contributed by atoms with Gasteiger partial charge in [0.1, 0.15) is 0 Å². The highest BCUT2D eigenvalue weighted by Gasteiger charge is 2.33. The number of anilines is 1. The van der Waals surface area contributed by atoms with Crippen LogP contribution >= 0.6 is 11.3 Å². The number of hydrogen-bond donors (Lipinski definition) is 1. The highest BCUT2D eigenvalue weighted by atomic mass is 32.1. The lowest BCUT2D eigenvalue weighted by Crippen LogP contribution is -2.35.